The first kappa shape index (κ1) is 18.3. The van der Waals surface area contributed by atoms with E-state index in [2.05, 4.69) is 10.1 Å². The summed E-state index contributed by atoms with van der Waals surface area (Å²) in [5, 5.41) is 4.78. The number of hydrogen-bond donors (Lipinski definition) is 0. The molecule has 0 spiro atoms. The van der Waals surface area contributed by atoms with E-state index in [1.165, 1.54) is 4.52 Å². The molecule has 4 rings (SSSR count). The van der Waals surface area contributed by atoms with Gasteiger partial charge in [0.05, 0.1) is 11.6 Å². The number of aromatic nitrogens is 3. The van der Waals surface area contributed by atoms with Crippen molar-refractivity contribution in [2.45, 2.75) is 6.42 Å². The van der Waals surface area contributed by atoms with E-state index in [1.54, 1.807) is 19.3 Å². The fourth-order valence-electron chi connectivity index (χ4n) is 2.76. The van der Waals surface area contributed by atoms with Crippen molar-refractivity contribution in [1.29, 1.82) is 0 Å². The predicted molar refractivity (Wildman–Crippen MR) is 109 cm³/mol. The van der Waals surface area contributed by atoms with Gasteiger partial charge in [-0.15, -0.1) is 0 Å². The van der Waals surface area contributed by atoms with Crippen LogP contribution >= 0.6 is 22.9 Å². The molecule has 0 aliphatic rings. The molecule has 0 saturated carbocycles. The van der Waals surface area contributed by atoms with Gasteiger partial charge in [0.2, 0.25) is 4.96 Å². The molecule has 0 unspecified atom stereocenters. The zero-order chi connectivity index (χ0) is 19.7. The summed E-state index contributed by atoms with van der Waals surface area (Å²) in [7, 11) is 1.58. The van der Waals surface area contributed by atoms with Crippen molar-refractivity contribution in [3.63, 3.8) is 0 Å². The molecule has 0 bridgehead atoms. The number of methoxy groups -OCH3 is 1. The highest BCUT2D eigenvalue weighted by Gasteiger charge is 2.13. The van der Waals surface area contributed by atoms with Crippen molar-refractivity contribution in [1.82, 2.24) is 14.6 Å². The normalized spacial score (nSPS) is 11.9. The highest BCUT2D eigenvalue weighted by Crippen LogP contribution is 2.17. The summed E-state index contributed by atoms with van der Waals surface area (Å²) < 4.78 is 6.81. The van der Waals surface area contributed by atoms with E-state index in [4.69, 9.17) is 16.3 Å². The highest BCUT2D eigenvalue weighted by atomic mass is 35.5. The molecule has 2 aromatic heterocycles. The maximum absolute atomic E-state index is 12.8. The SMILES string of the molecule is COc1cccc(/C=c2/sc3nc(=O)c(Cc4ccccc4Cl)nn3c2=O)c1. The van der Waals surface area contributed by atoms with Crippen molar-refractivity contribution in [3.8, 4) is 5.75 Å². The highest BCUT2D eigenvalue weighted by molar-refractivity contribution is 7.15. The summed E-state index contributed by atoms with van der Waals surface area (Å²) >= 11 is 7.28. The minimum Gasteiger partial charge on any atom is -0.497 e. The van der Waals surface area contributed by atoms with Crippen LogP contribution in [0.25, 0.3) is 11.0 Å². The van der Waals surface area contributed by atoms with Crippen LogP contribution in [0.3, 0.4) is 0 Å². The van der Waals surface area contributed by atoms with Crippen LogP contribution in [-0.2, 0) is 6.42 Å². The summed E-state index contributed by atoms with van der Waals surface area (Å²) in [6.45, 7) is 0. The topological polar surface area (TPSA) is 73.6 Å². The number of benzene rings is 2. The van der Waals surface area contributed by atoms with Crippen LogP contribution in [-0.4, -0.2) is 21.7 Å². The molecule has 140 valence electrons. The van der Waals surface area contributed by atoms with Crippen molar-refractivity contribution in [3.05, 3.63) is 95.6 Å². The predicted octanol–water partition coefficient (Wildman–Crippen LogP) is 2.31. The first-order valence-corrected chi connectivity index (χ1v) is 9.56. The lowest BCUT2D eigenvalue weighted by molar-refractivity contribution is 0.414. The molecule has 0 saturated heterocycles. The van der Waals surface area contributed by atoms with Crippen LogP contribution in [0, 0.1) is 0 Å². The maximum Gasteiger partial charge on any atom is 0.296 e. The largest absolute Gasteiger partial charge is 0.497 e. The Labute approximate surface area is 168 Å². The van der Waals surface area contributed by atoms with E-state index in [-0.39, 0.29) is 22.6 Å². The van der Waals surface area contributed by atoms with Gasteiger partial charge in [0.15, 0.2) is 0 Å². The molecule has 0 aliphatic carbocycles. The molecule has 0 amide bonds. The molecular weight excluding hydrogens is 398 g/mol. The number of nitrogens with zero attached hydrogens (tertiary/aromatic N) is 3. The van der Waals surface area contributed by atoms with Crippen molar-refractivity contribution >= 4 is 34.0 Å². The van der Waals surface area contributed by atoms with E-state index in [1.807, 2.05) is 42.5 Å². The van der Waals surface area contributed by atoms with E-state index in [0.717, 1.165) is 22.5 Å². The fourth-order valence-corrected chi connectivity index (χ4v) is 3.86. The second-order valence-corrected chi connectivity index (χ2v) is 7.43. The van der Waals surface area contributed by atoms with E-state index in [0.29, 0.717) is 15.3 Å². The second kappa shape index (κ2) is 7.53. The summed E-state index contributed by atoms with van der Waals surface area (Å²) in [5.41, 5.74) is 0.946. The van der Waals surface area contributed by atoms with Crippen molar-refractivity contribution < 1.29 is 4.74 Å². The summed E-state index contributed by atoms with van der Waals surface area (Å²) in [5.74, 6) is 0.690. The van der Waals surface area contributed by atoms with E-state index >= 15 is 0 Å². The van der Waals surface area contributed by atoms with Crippen molar-refractivity contribution in [2.75, 3.05) is 7.11 Å². The van der Waals surface area contributed by atoms with Gasteiger partial charge in [-0.1, -0.05) is 53.3 Å². The Morgan fingerprint density at radius 1 is 1.18 bits per heavy atom. The molecule has 0 aliphatic heterocycles. The molecule has 0 radical (unpaired) electrons. The quantitative estimate of drug-likeness (QED) is 0.515. The van der Waals surface area contributed by atoms with Crippen LogP contribution in [0.1, 0.15) is 16.8 Å². The summed E-state index contributed by atoms with van der Waals surface area (Å²) in [4.78, 5) is 29.4. The molecule has 0 fully saturated rings. The van der Waals surface area contributed by atoms with Gasteiger partial charge in [-0.05, 0) is 35.4 Å². The Hall–Kier alpha value is -3.03. The Kier molecular flexibility index (Phi) is 4.93. The zero-order valence-electron chi connectivity index (χ0n) is 14.8. The maximum atomic E-state index is 12.8. The van der Waals surface area contributed by atoms with Gasteiger partial charge >= 0.3 is 0 Å². The number of hydrogen-bond acceptors (Lipinski definition) is 6. The van der Waals surface area contributed by atoms with Crippen LogP contribution in [0.2, 0.25) is 5.02 Å². The average molecular weight is 412 g/mol. The molecule has 2 heterocycles. The number of thiazole rings is 1. The number of halogens is 1. The lowest BCUT2D eigenvalue weighted by atomic mass is 10.1. The third-order valence-electron chi connectivity index (χ3n) is 4.16. The number of rotatable bonds is 4. The Morgan fingerprint density at radius 2 is 2.00 bits per heavy atom. The molecule has 0 N–H and O–H groups in total. The number of ether oxygens (including phenoxy) is 1. The van der Waals surface area contributed by atoms with Crippen LogP contribution in [0.15, 0.2) is 58.1 Å². The minimum atomic E-state index is -0.464. The molecule has 0 atom stereocenters. The molecule has 2 aromatic carbocycles. The third kappa shape index (κ3) is 3.54. The smallest absolute Gasteiger partial charge is 0.296 e. The monoisotopic (exact) mass is 411 g/mol. The second-order valence-electron chi connectivity index (χ2n) is 6.02. The fraction of sp³-hybridized carbons (Fsp3) is 0.100. The zero-order valence-corrected chi connectivity index (χ0v) is 16.3. The standard InChI is InChI=1S/C20H14ClN3O3S/c1-27-14-7-4-5-12(9-14)10-17-19(26)24-20(28-17)22-18(25)16(23-24)11-13-6-2-3-8-15(13)21/h2-10H,11H2,1H3/b17-10+. The third-order valence-corrected chi connectivity index (χ3v) is 5.49. The van der Waals surface area contributed by atoms with Gasteiger partial charge in [-0.25, -0.2) is 0 Å². The van der Waals surface area contributed by atoms with E-state index < -0.39 is 5.56 Å². The average Bonchev–Trinajstić information content (AvgIpc) is 2.98. The van der Waals surface area contributed by atoms with Gasteiger partial charge in [0.25, 0.3) is 11.1 Å². The Balaban J connectivity index is 1.81. The first-order valence-electron chi connectivity index (χ1n) is 8.37. The lowest BCUT2D eigenvalue weighted by Gasteiger charge is -2.02. The summed E-state index contributed by atoms with van der Waals surface area (Å²) in [6, 6.07) is 14.5. The lowest BCUT2D eigenvalue weighted by Crippen LogP contribution is -2.28. The molecular formula is C20H14ClN3O3S. The Morgan fingerprint density at radius 3 is 2.79 bits per heavy atom. The summed E-state index contributed by atoms with van der Waals surface area (Å²) in [6.07, 6.45) is 1.93. The Bertz CT molecular complexity index is 1350. The van der Waals surface area contributed by atoms with Gasteiger partial charge in [-0.2, -0.15) is 14.6 Å². The molecule has 6 nitrogen and oxygen atoms in total. The molecule has 4 aromatic rings. The van der Waals surface area contributed by atoms with Gasteiger partial charge < -0.3 is 4.74 Å². The van der Waals surface area contributed by atoms with E-state index in [9.17, 15) is 9.59 Å². The van der Waals surface area contributed by atoms with Gasteiger partial charge in [0.1, 0.15) is 11.4 Å². The molecule has 28 heavy (non-hydrogen) atoms. The minimum absolute atomic E-state index is 0.174. The molecule has 8 heteroatoms. The van der Waals surface area contributed by atoms with Crippen LogP contribution in [0.5, 0.6) is 5.75 Å². The van der Waals surface area contributed by atoms with Gasteiger partial charge in [0, 0.05) is 11.4 Å². The van der Waals surface area contributed by atoms with Crippen LogP contribution < -0.4 is 20.4 Å². The van der Waals surface area contributed by atoms with Crippen LogP contribution in [0.4, 0.5) is 0 Å². The van der Waals surface area contributed by atoms with Gasteiger partial charge in [-0.3, -0.25) is 9.59 Å². The number of fused-ring (bicyclic) bond motifs is 1. The van der Waals surface area contributed by atoms with Crippen molar-refractivity contribution in [2.24, 2.45) is 0 Å². The first-order chi connectivity index (χ1) is 13.5.